The maximum Gasteiger partial charge on any atom is 0.412 e. The van der Waals surface area contributed by atoms with Crippen LogP contribution in [0.5, 0.6) is 0 Å². The minimum Gasteiger partial charge on any atom is -0.432 e. The van der Waals surface area contributed by atoms with Crippen molar-refractivity contribution >= 4 is 25.0 Å². The maximum atomic E-state index is 5.20. The van der Waals surface area contributed by atoms with Crippen molar-refractivity contribution in [2.75, 3.05) is 7.11 Å². The first-order valence-electron chi connectivity index (χ1n) is 3.60. The highest BCUT2D eigenvalue weighted by Gasteiger charge is 2.16. The third-order valence-corrected chi connectivity index (χ3v) is 3.76. The normalized spacial score (nSPS) is 10.7. The number of benzene rings is 1. The number of rotatable bonds is 3. The molecule has 0 aliphatic carbocycles. The third kappa shape index (κ3) is 2.04. The smallest absolute Gasteiger partial charge is 0.412 e. The Labute approximate surface area is 77.9 Å². The molecular weight excluding hydrogens is 184 g/mol. The van der Waals surface area contributed by atoms with Crippen LogP contribution in [0, 0.1) is 6.92 Å². The summed E-state index contributed by atoms with van der Waals surface area (Å²) in [4.78, 5) is 0. The van der Waals surface area contributed by atoms with Gasteiger partial charge < -0.3 is 8.54 Å². The molecule has 4 heteroatoms. The summed E-state index contributed by atoms with van der Waals surface area (Å²) in [6, 6.07) is 8.05. The lowest BCUT2D eigenvalue weighted by molar-refractivity contribution is 0.359. The first-order valence-corrected chi connectivity index (χ1v) is 5.32. The van der Waals surface area contributed by atoms with Crippen LogP contribution >= 0.6 is 0 Å². The molecule has 2 nitrogen and oxygen atoms in total. The predicted molar refractivity (Wildman–Crippen MR) is 50.4 cm³/mol. The van der Waals surface area contributed by atoms with Crippen molar-refractivity contribution in [1.82, 2.24) is 0 Å². The summed E-state index contributed by atoms with van der Waals surface area (Å²) in [5.74, 6) is 0. The van der Waals surface area contributed by atoms with E-state index in [-0.39, 0.29) is 0 Å². The van der Waals surface area contributed by atoms with Gasteiger partial charge >= 0.3 is 9.28 Å². The molecule has 1 aromatic carbocycles. The van der Waals surface area contributed by atoms with Gasteiger partial charge in [0.15, 0.2) is 0 Å². The molecule has 0 spiro atoms. The van der Waals surface area contributed by atoms with Crippen LogP contribution in [0.2, 0.25) is 0 Å². The van der Waals surface area contributed by atoms with Gasteiger partial charge in [0.25, 0.3) is 0 Å². The molecule has 0 aromatic heterocycles. The van der Waals surface area contributed by atoms with Crippen LogP contribution in [-0.2, 0) is 8.54 Å². The second-order valence-electron chi connectivity index (χ2n) is 2.41. The molecular formula is C8H10O2Si2. The Balaban J connectivity index is 2.92. The molecule has 0 aliphatic rings. The lowest BCUT2D eigenvalue weighted by Gasteiger charge is -2.11. The minimum absolute atomic E-state index is 1.14. The van der Waals surface area contributed by atoms with Crippen molar-refractivity contribution in [2.24, 2.45) is 0 Å². The highest BCUT2D eigenvalue weighted by atomic mass is 28.3. The number of aryl methyl sites for hydroxylation is 1. The van der Waals surface area contributed by atoms with Gasteiger partial charge in [-0.1, -0.05) is 24.3 Å². The van der Waals surface area contributed by atoms with Gasteiger partial charge in [0.05, 0.1) is 0 Å². The molecule has 0 fully saturated rings. The SMILES string of the molecule is CO[Si](O[Si])c1ccccc1C. The molecule has 1 rings (SSSR count). The van der Waals surface area contributed by atoms with Crippen molar-refractivity contribution in [3.8, 4) is 0 Å². The van der Waals surface area contributed by atoms with E-state index in [1.807, 2.05) is 31.2 Å². The third-order valence-electron chi connectivity index (χ3n) is 1.64. The standard InChI is InChI=1S/C8H10O2Si2/c1-7-5-3-4-6-8(7)12(9-2)10-11/h3-6H,1-2H3. The average molecular weight is 194 g/mol. The van der Waals surface area contributed by atoms with E-state index < -0.39 is 9.28 Å². The summed E-state index contributed by atoms with van der Waals surface area (Å²) in [7, 11) is 3.35. The van der Waals surface area contributed by atoms with Crippen LogP contribution in [0.15, 0.2) is 24.3 Å². The molecule has 0 atom stereocenters. The molecule has 0 N–H and O–H groups in total. The van der Waals surface area contributed by atoms with Crippen LogP contribution in [0.1, 0.15) is 5.56 Å². The highest BCUT2D eigenvalue weighted by Crippen LogP contribution is 1.96. The Hall–Kier alpha value is -0.426. The summed E-state index contributed by atoms with van der Waals surface area (Å²) >= 11 is 0. The fourth-order valence-corrected chi connectivity index (χ4v) is 2.64. The monoisotopic (exact) mass is 194 g/mol. The van der Waals surface area contributed by atoms with E-state index in [1.54, 1.807) is 7.11 Å². The fourth-order valence-electron chi connectivity index (χ4n) is 1.01. The molecule has 0 bridgehead atoms. The van der Waals surface area contributed by atoms with Crippen LogP contribution in [0.3, 0.4) is 0 Å². The second kappa shape index (κ2) is 4.56. The van der Waals surface area contributed by atoms with Gasteiger partial charge in [-0.25, -0.2) is 0 Å². The molecule has 1 aromatic rings. The van der Waals surface area contributed by atoms with Crippen LogP contribution < -0.4 is 5.19 Å². The largest absolute Gasteiger partial charge is 0.432 e. The zero-order valence-corrected chi connectivity index (χ0v) is 9.13. The summed E-state index contributed by atoms with van der Waals surface area (Å²) in [6.45, 7) is 2.05. The van der Waals surface area contributed by atoms with Gasteiger partial charge in [-0.05, 0) is 17.7 Å². The van der Waals surface area contributed by atoms with Crippen molar-refractivity contribution in [3.05, 3.63) is 29.8 Å². The zero-order valence-electron chi connectivity index (χ0n) is 7.13. The van der Waals surface area contributed by atoms with Crippen molar-refractivity contribution in [3.63, 3.8) is 0 Å². The Morgan fingerprint density at radius 2 is 2.00 bits per heavy atom. The van der Waals surface area contributed by atoms with Gasteiger partial charge in [0.2, 0.25) is 10.5 Å². The van der Waals surface area contributed by atoms with E-state index >= 15 is 0 Å². The van der Waals surface area contributed by atoms with Crippen molar-refractivity contribution in [1.29, 1.82) is 0 Å². The lowest BCUT2D eigenvalue weighted by Crippen LogP contribution is -2.36. The van der Waals surface area contributed by atoms with Gasteiger partial charge in [-0.3, -0.25) is 0 Å². The number of hydrogen-bond donors (Lipinski definition) is 0. The maximum absolute atomic E-state index is 5.20. The summed E-state index contributed by atoms with van der Waals surface area (Å²) in [5.41, 5.74) is 1.20. The molecule has 0 aliphatic heterocycles. The molecule has 0 saturated carbocycles. The zero-order chi connectivity index (χ0) is 8.97. The topological polar surface area (TPSA) is 18.5 Å². The highest BCUT2D eigenvalue weighted by molar-refractivity contribution is 6.64. The molecule has 12 heavy (non-hydrogen) atoms. The van der Waals surface area contributed by atoms with E-state index in [4.69, 9.17) is 8.54 Å². The Kier molecular flexibility index (Phi) is 3.67. The van der Waals surface area contributed by atoms with E-state index in [0.717, 1.165) is 5.19 Å². The second-order valence-corrected chi connectivity index (χ2v) is 4.75. The molecule has 0 saturated heterocycles. The minimum atomic E-state index is -1.32. The van der Waals surface area contributed by atoms with Crippen LogP contribution in [0.25, 0.3) is 0 Å². The van der Waals surface area contributed by atoms with Crippen LogP contribution in [0.4, 0.5) is 0 Å². The number of hydrogen-bond acceptors (Lipinski definition) is 2. The van der Waals surface area contributed by atoms with Gasteiger partial charge in [-0.2, -0.15) is 0 Å². The van der Waals surface area contributed by atoms with Gasteiger partial charge in [0.1, 0.15) is 0 Å². The summed E-state index contributed by atoms with van der Waals surface area (Å²) < 4.78 is 10.2. The van der Waals surface area contributed by atoms with E-state index in [2.05, 4.69) is 10.5 Å². The van der Waals surface area contributed by atoms with Gasteiger partial charge in [0, 0.05) is 7.11 Å². The Bertz CT molecular complexity index is 249. The Morgan fingerprint density at radius 3 is 2.50 bits per heavy atom. The fraction of sp³-hybridized carbons (Fsp3) is 0.250. The van der Waals surface area contributed by atoms with Crippen LogP contribution in [-0.4, -0.2) is 26.9 Å². The van der Waals surface area contributed by atoms with Crippen molar-refractivity contribution < 1.29 is 8.54 Å². The molecule has 0 unspecified atom stereocenters. The quantitative estimate of drug-likeness (QED) is 0.650. The predicted octanol–water partition coefficient (Wildman–Crippen LogP) is 0.437. The molecule has 0 heterocycles. The van der Waals surface area contributed by atoms with E-state index in [9.17, 15) is 0 Å². The average Bonchev–Trinajstić information content (AvgIpc) is 2.10. The first-order chi connectivity index (χ1) is 5.79. The summed E-state index contributed by atoms with van der Waals surface area (Å²) in [6.07, 6.45) is 0. The van der Waals surface area contributed by atoms with E-state index in [1.165, 1.54) is 5.56 Å². The lowest BCUT2D eigenvalue weighted by atomic mass is 10.2. The van der Waals surface area contributed by atoms with Crippen molar-refractivity contribution in [2.45, 2.75) is 6.92 Å². The van der Waals surface area contributed by atoms with Gasteiger partial charge in [-0.15, -0.1) is 0 Å². The molecule has 0 amide bonds. The first kappa shape index (κ1) is 9.66. The molecule has 4 radical (unpaired) electrons. The Morgan fingerprint density at radius 1 is 1.33 bits per heavy atom. The summed E-state index contributed by atoms with van der Waals surface area (Å²) in [5, 5.41) is 1.14. The van der Waals surface area contributed by atoms with E-state index in [0.29, 0.717) is 0 Å². The molecule has 62 valence electrons.